The Balaban J connectivity index is 1.63. The highest BCUT2D eigenvalue weighted by Crippen LogP contribution is 2.36. The van der Waals surface area contributed by atoms with Crippen molar-refractivity contribution in [1.82, 2.24) is 14.6 Å². The lowest BCUT2D eigenvalue weighted by Gasteiger charge is -2.16. The molecule has 142 valence electrons. The van der Waals surface area contributed by atoms with Crippen LogP contribution in [0.3, 0.4) is 0 Å². The van der Waals surface area contributed by atoms with Gasteiger partial charge in [0.05, 0.1) is 16.3 Å². The maximum absolute atomic E-state index is 12.8. The fourth-order valence-corrected chi connectivity index (χ4v) is 2.55. The molecule has 3 aromatic rings. The van der Waals surface area contributed by atoms with Gasteiger partial charge < -0.3 is 10.1 Å². The van der Waals surface area contributed by atoms with E-state index in [9.17, 15) is 18.0 Å². The van der Waals surface area contributed by atoms with Crippen molar-refractivity contribution in [2.24, 2.45) is 7.05 Å². The molecule has 1 heterocycles. The van der Waals surface area contributed by atoms with Crippen LogP contribution in [0.25, 0.3) is 5.69 Å². The molecule has 0 unspecified atom stereocenters. The van der Waals surface area contributed by atoms with Crippen molar-refractivity contribution in [2.45, 2.75) is 6.18 Å². The van der Waals surface area contributed by atoms with Crippen molar-refractivity contribution < 1.29 is 22.7 Å². The summed E-state index contributed by atoms with van der Waals surface area (Å²) in [5, 5.41) is 6.14. The normalized spacial score (nSPS) is 11.4. The zero-order chi connectivity index (χ0) is 19.6. The lowest BCUT2D eigenvalue weighted by atomic mass is 10.2. The molecule has 0 aliphatic heterocycles. The molecule has 0 spiro atoms. The van der Waals surface area contributed by atoms with Crippen LogP contribution in [0.15, 0.2) is 48.8 Å². The van der Waals surface area contributed by atoms with E-state index in [1.165, 1.54) is 6.07 Å². The third-order valence-electron chi connectivity index (χ3n) is 3.65. The number of nitrogens with one attached hydrogen (secondary N) is 1. The zero-order valence-corrected chi connectivity index (χ0v) is 14.8. The van der Waals surface area contributed by atoms with Crippen LogP contribution >= 0.6 is 11.6 Å². The average Bonchev–Trinajstić information content (AvgIpc) is 2.59. The minimum Gasteiger partial charge on any atom is -0.484 e. The molecule has 0 atom stereocenters. The molecule has 1 aromatic heterocycles. The number of nitrogens with zero attached hydrogens (tertiary/aromatic N) is 3. The second-order valence-electron chi connectivity index (χ2n) is 5.59. The standard InChI is InChI=1S/C17H14ClF3N4O2/c1-24-22-10-25(24)12-4-2-3-11(7-12)23-16(26)9-27-13-5-6-15(18)14(8-13)17(19,20)21/h2-8,10H,9H2,1H3,(H,23,26). The Labute approximate surface area is 157 Å². The van der Waals surface area contributed by atoms with Gasteiger partial charge in [0.25, 0.3) is 5.91 Å². The summed E-state index contributed by atoms with van der Waals surface area (Å²) in [7, 11) is 1.76. The monoisotopic (exact) mass is 398 g/mol. The van der Waals surface area contributed by atoms with E-state index in [-0.39, 0.29) is 5.75 Å². The number of hydrogen-bond acceptors (Lipinski definition) is 3. The predicted octanol–water partition coefficient (Wildman–Crippen LogP) is 3.90. The van der Waals surface area contributed by atoms with E-state index in [0.29, 0.717) is 5.69 Å². The number of carbonyl (C=O) groups excluding carboxylic acids is 1. The Morgan fingerprint density at radius 2 is 2.04 bits per heavy atom. The first-order chi connectivity index (χ1) is 12.7. The summed E-state index contributed by atoms with van der Waals surface area (Å²) in [6.07, 6.45) is -2.99. The fourth-order valence-electron chi connectivity index (χ4n) is 2.32. The minimum atomic E-state index is -4.60. The van der Waals surface area contributed by atoms with E-state index < -0.39 is 29.3 Å². The number of ether oxygens (including phenoxy) is 1. The molecule has 0 radical (unpaired) electrons. The van der Waals surface area contributed by atoms with Gasteiger partial charge in [-0.15, -0.1) is 5.10 Å². The van der Waals surface area contributed by atoms with Crippen molar-refractivity contribution in [2.75, 3.05) is 11.9 Å². The number of anilines is 1. The maximum atomic E-state index is 12.8. The van der Waals surface area contributed by atoms with E-state index in [4.69, 9.17) is 16.3 Å². The Kier molecular flexibility index (Phi) is 5.13. The molecule has 0 fully saturated rings. The predicted molar refractivity (Wildman–Crippen MR) is 93.1 cm³/mol. The molecule has 0 saturated heterocycles. The third kappa shape index (κ3) is 4.43. The number of aryl methyl sites for hydroxylation is 1. The number of aromatic nitrogens is 3. The molecule has 27 heavy (non-hydrogen) atoms. The van der Waals surface area contributed by atoms with Crippen LogP contribution in [0.4, 0.5) is 18.9 Å². The van der Waals surface area contributed by atoms with Crippen LogP contribution in [-0.2, 0) is 18.0 Å². The molecule has 2 aromatic carbocycles. The van der Waals surface area contributed by atoms with Gasteiger partial charge in [-0.1, -0.05) is 17.7 Å². The van der Waals surface area contributed by atoms with Gasteiger partial charge in [0.15, 0.2) is 6.61 Å². The number of amides is 1. The SMILES string of the molecule is Cn1ncn1-c1cccc(NC(=O)COc2ccc(Cl)c(C(F)(F)F)c2)c1. The topological polar surface area (TPSA) is 61.1 Å². The van der Waals surface area contributed by atoms with Gasteiger partial charge in [0.2, 0.25) is 0 Å². The average molecular weight is 399 g/mol. The fraction of sp³-hybridized carbons (Fsp3) is 0.176. The number of rotatable bonds is 5. The summed E-state index contributed by atoms with van der Waals surface area (Å²) in [5.74, 6) is -0.615. The van der Waals surface area contributed by atoms with Gasteiger partial charge in [0.1, 0.15) is 12.1 Å². The molecule has 0 aliphatic carbocycles. The lowest BCUT2D eigenvalue weighted by Crippen LogP contribution is -2.21. The molecule has 0 aliphatic rings. The number of carbonyl (C=O) groups is 1. The number of halogens is 4. The molecule has 1 amide bonds. The van der Waals surface area contributed by atoms with E-state index in [0.717, 1.165) is 17.8 Å². The highest BCUT2D eigenvalue weighted by Gasteiger charge is 2.33. The molecular formula is C17H14ClF3N4O2. The second-order valence-corrected chi connectivity index (χ2v) is 6.00. The largest absolute Gasteiger partial charge is 0.484 e. The van der Waals surface area contributed by atoms with Crippen molar-refractivity contribution in [3.8, 4) is 11.4 Å². The Morgan fingerprint density at radius 1 is 1.26 bits per heavy atom. The Bertz CT molecular complexity index is 965. The van der Waals surface area contributed by atoms with Crippen molar-refractivity contribution >= 4 is 23.2 Å². The van der Waals surface area contributed by atoms with Gasteiger partial charge in [0, 0.05) is 12.7 Å². The van der Waals surface area contributed by atoms with Crippen LogP contribution in [0, 0.1) is 0 Å². The highest BCUT2D eigenvalue weighted by molar-refractivity contribution is 6.31. The van der Waals surface area contributed by atoms with Crippen LogP contribution in [0.1, 0.15) is 5.56 Å². The van der Waals surface area contributed by atoms with Gasteiger partial charge in [-0.25, -0.2) is 9.48 Å². The molecule has 6 nitrogen and oxygen atoms in total. The van der Waals surface area contributed by atoms with E-state index in [2.05, 4.69) is 10.4 Å². The van der Waals surface area contributed by atoms with Crippen molar-refractivity contribution in [1.29, 1.82) is 0 Å². The first-order valence-corrected chi connectivity index (χ1v) is 8.08. The molecule has 0 bridgehead atoms. The van der Waals surface area contributed by atoms with E-state index in [1.54, 1.807) is 41.1 Å². The molecular weight excluding hydrogens is 385 g/mol. The Hall–Kier alpha value is -2.94. The second kappa shape index (κ2) is 7.36. The minimum absolute atomic E-state index is 0.103. The summed E-state index contributed by atoms with van der Waals surface area (Å²) in [6.45, 7) is -0.450. The van der Waals surface area contributed by atoms with Crippen molar-refractivity contribution in [3.63, 3.8) is 0 Å². The summed E-state index contributed by atoms with van der Waals surface area (Å²) in [4.78, 5) is 13.6. The number of benzene rings is 2. The Morgan fingerprint density at radius 3 is 2.67 bits per heavy atom. The van der Waals surface area contributed by atoms with Crippen LogP contribution < -0.4 is 10.1 Å². The summed E-state index contributed by atoms with van der Waals surface area (Å²) >= 11 is 5.55. The van der Waals surface area contributed by atoms with Crippen LogP contribution in [0.5, 0.6) is 5.75 Å². The zero-order valence-electron chi connectivity index (χ0n) is 14.0. The molecule has 10 heteroatoms. The number of alkyl halides is 3. The van der Waals surface area contributed by atoms with Crippen molar-refractivity contribution in [3.05, 3.63) is 59.4 Å². The molecule has 0 saturated carbocycles. The first-order valence-electron chi connectivity index (χ1n) is 7.70. The summed E-state index contributed by atoms with van der Waals surface area (Å²) in [5.41, 5.74) is 0.288. The number of hydrogen-bond donors (Lipinski definition) is 1. The molecule has 3 rings (SSSR count). The summed E-state index contributed by atoms with van der Waals surface area (Å²) in [6, 6.07) is 10.1. The van der Waals surface area contributed by atoms with Gasteiger partial charge in [-0.05, 0) is 36.4 Å². The quantitative estimate of drug-likeness (QED) is 0.709. The highest BCUT2D eigenvalue weighted by atomic mass is 35.5. The molecule has 1 N–H and O–H groups in total. The van der Waals surface area contributed by atoms with Gasteiger partial charge in [-0.3, -0.25) is 4.79 Å². The van der Waals surface area contributed by atoms with Crippen LogP contribution in [0.2, 0.25) is 5.02 Å². The lowest BCUT2D eigenvalue weighted by molar-refractivity contribution is -0.137. The van der Waals surface area contributed by atoms with E-state index >= 15 is 0 Å². The maximum Gasteiger partial charge on any atom is 0.417 e. The smallest absolute Gasteiger partial charge is 0.417 e. The van der Waals surface area contributed by atoms with Crippen LogP contribution in [-0.4, -0.2) is 27.1 Å². The first kappa shape index (κ1) is 18.8. The van der Waals surface area contributed by atoms with Gasteiger partial charge >= 0.3 is 6.18 Å². The third-order valence-corrected chi connectivity index (χ3v) is 3.98. The summed E-state index contributed by atoms with van der Waals surface area (Å²) < 4.78 is 45.4. The van der Waals surface area contributed by atoms with Gasteiger partial charge in [-0.2, -0.15) is 13.2 Å². The van der Waals surface area contributed by atoms with E-state index in [1.807, 2.05) is 6.07 Å².